The van der Waals surface area contributed by atoms with Crippen molar-refractivity contribution < 1.29 is 4.74 Å². The summed E-state index contributed by atoms with van der Waals surface area (Å²) in [5, 5.41) is 5.76. The van der Waals surface area contributed by atoms with Gasteiger partial charge >= 0.3 is 0 Å². The van der Waals surface area contributed by atoms with Crippen molar-refractivity contribution in [1.82, 2.24) is 14.6 Å². The van der Waals surface area contributed by atoms with Crippen LogP contribution in [0.25, 0.3) is 26.4 Å². The molecule has 0 N–H and O–H groups in total. The molecule has 2 aromatic carbocycles. The molecule has 6 heteroatoms. The first-order chi connectivity index (χ1) is 11.3. The Morgan fingerprint density at radius 2 is 1.91 bits per heavy atom. The number of para-hydroxylation sites is 1. The SMILES string of the molecule is CCOc1ccc(-c2nn3c(=O)c4ccccc4nc3s2)cc1. The molecule has 4 rings (SSSR count). The highest BCUT2D eigenvalue weighted by Gasteiger charge is 2.11. The first-order valence-electron chi connectivity index (χ1n) is 7.28. The first kappa shape index (κ1) is 13.9. The van der Waals surface area contributed by atoms with Gasteiger partial charge in [0.25, 0.3) is 5.56 Å². The minimum Gasteiger partial charge on any atom is -0.494 e. The Morgan fingerprint density at radius 3 is 2.70 bits per heavy atom. The van der Waals surface area contributed by atoms with Crippen molar-refractivity contribution in [3.05, 3.63) is 58.9 Å². The van der Waals surface area contributed by atoms with Crippen molar-refractivity contribution >= 4 is 27.2 Å². The summed E-state index contributed by atoms with van der Waals surface area (Å²) in [6, 6.07) is 15.0. The van der Waals surface area contributed by atoms with Crippen molar-refractivity contribution in [2.24, 2.45) is 0 Å². The number of hydrogen-bond acceptors (Lipinski definition) is 5. The minimum absolute atomic E-state index is 0.140. The van der Waals surface area contributed by atoms with E-state index in [1.165, 1.54) is 15.9 Å². The van der Waals surface area contributed by atoms with Crippen LogP contribution in [0, 0.1) is 0 Å². The summed E-state index contributed by atoms with van der Waals surface area (Å²) in [6.07, 6.45) is 0. The molecule has 0 aliphatic heterocycles. The largest absolute Gasteiger partial charge is 0.494 e. The van der Waals surface area contributed by atoms with Gasteiger partial charge in [-0.3, -0.25) is 4.79 Å². The third-order valence-corrected chi connectivity index (χ3v) is 4.47. The standard InChI is InChI=1S/C17H13N3O2S/c1-2-22-12-9-7-11(8-10-12)15-19-20-16(21)13-5-3-4-6-14(13)18-17(20)23-15/h3-10H,2H2,1H3. The smallest absolute Gasteiger partial charge is 0.283 e. The van der Waals surface area contributed by atoms with E-state index in [9.17, 15) is 4.79 Å². The summed E-state index contributed by atoms with van der Waals surface area (Å²) in [5.41, 5.74) is 1.49. The van der Waals surface area contributed by atoms with Gasteiger partial charge in [0.2, 0.25) is 4.96 Å². The maximum Gasteiger partial charge on any atom is 0.283 e. The van der Waals surface area contributed by atoms with Gasteiger partial charge in [-0.05, 0) is 43.3 Å². The molecule has 0 bridgehead atoms. The van der Waals surface area contributed by atoms with Gasteiger partial charge in [0, 0.05) is 5.56 Å². The molecule has 5 nitrogen and oxygen atoms in total. The Kier molecular flexibility index (Phi) is 3.31. The van der Waals surface area contributed by atoms with Crippen molar-refractivity contribution in [3.8, 4) is 16.3 Å². The van der Waals surface area contributed by atoms with E-state index in [1.807, 2.05) is 49.4 Å². The molecular formula is C17H13N3O2S. The summed E-state index contributed by atoms with van der Waals surface area (Å²) < 4.78 is 6.82. The first-order valence-corrected chi connectivity index (χ1v) is 8.10. The van der Waals surface area contributed by atoms with Crippen LogP contribution < -0.4 is 10.3 Å². The quantitative estimate of drug-likeness (QED) is 0.580. The van der Waals surface area contributed by atoms with E-state index >= 15 is 0 Å². The molecule has 0 saturated carbocycles. The zero-order valence-electron chi connectivity index (χ0n) is 12.4. The van der Waals surface area contributed by atoms with Crippen LogP contribution in [0.4, 0.5) is 0 Å². The van der Waals surface area contributed by atoms with Gasteiger partial charge in [-0.15, -0.1) is 0 Å². The molecule has 2 aromatic heterocycles. The van der Waals surface area contributed by atoms with E-state index < -0.39 is 0 Å². The molecule has 0 unspecified atom stereocenters. The second-order valence-corrected chi connectivity index (χ2v) is 5.95. The lowest BCUT2D eigenvalue weighted by Crippen LogP contribution is -2.14. The van der Waals surface area contributed by atoms with Gasteiger partial charge in [0.15, 0.2) is 0 Å². The zero-order valence-corrected chi connectivity index (χ0v) is 13.2. The van der Waals surface area contributed by atoms with Crippen LogP contribution in [-0.4, -0.2) is 21.2 Å². The van der Waals surface area contributed by atoms with Crippen molar-refractivity contribution in [2.45, 2.75) is 6.92 Å². The fourth-order valence-electron chi connectivity index (χ4n) is 2.43. The van der Waals surface area contributed by atoms with E-state index in [1.54, 1.807) is 6.07 Å². The average Bonchev–Trinajstić information content (AvgIpc) is 3.00. The molecular weight excluding hydrogens is 310 g/mol. The lowest BCUT2D eigenvalue weighted by Gasteiger charge is -2.02. The van der Waals surface area contributed by atoms with Gasteiger partial charge in [0.1, 0.15) is 10.8 Å². The molecule has 2 heterocycles. The predicted molar refractivity (Wildman–Crippen MR) is 91.2 cm³/mol. The highest BCUT2D eigenvalue weighted by molar-refractivity contribution is 7.19. The number of aromatic nitrogens is 3. The van der Waals surface area contributed by atoms with Crippen molar-refractivity contribution in [1.29, 1.82) is 0 Å². The van der Waals surface area contributed by atoms with E-state index in [-0.39, 0.29) is 5.56 Å². The van der Waals surface area contributed by atoms with Gasteiger partial charge < -0.3 is 4.74 Å². The highest BCUT2D eigenvalue weighted by Crippen LogP contribution is 2.26. The lowest BCUT2D eigenvalue weighted by molar-refractivity contribution is 0.340. The lowest BCUT2D eigenvalue weighted by atomic mass is 10.2. The molecule has 0 saturated heterocycles. The summed E-state index contributed by atoms with van der Waals surface area (Å²) in [4.78, 5) is 17.6. The fraction of sp³-hybridized carbons (Fsp3) is 0.118. The molecule has 0 aliphatic rings. The number of ether oxygens (including phenoxy) is 1. The van der Waals surface area contributed by atoms with Crippen LogP contribution in [0.5, 0.6) is 5.75 Å². The van der Waals surface area contributed by atoms with Crippen LogP contribution in [0.3, 0.4) is 0 Å². The molecule has 0 spiro atoms. The Labute approximate surface area is 135 Å². The number of benzene rings is 2. The van der Waals surface area contributed by atoms with Crippen LogP contribution in [0.15, 0.2) is 53.3 Å². The van der Waals surface area contributed by atoms with E-state index in [0.29, 0.717) is 22.5 Å². The topological polar surface area (TPSA) is 56.5 Å². The summed E-state index contributed by atoms with van der Waals surface area (Å²) >= 11 is 1.40. The maximum absolute atomic E-state index is 12.5. The Hall–Kier alpha value is -2.73. The molecule has 0 amide bonds. The van der Waals surface area contributed by atoms with Crippen LogP contribution in [0.2, 0.25) is 0 Å². The van der Waals surface area contributed by atoms with E-state index in [0.717, 1.165) is 16.3 Å². The molecule has 0 radical (unpaired) electrons. The second kappa shape index (κ2) is 5.48. The third-order valence-electron chi connectivity index (χ3n) is 3.52. The van der Waals surface area contributed by atoms with Gasteiger partial charge in [0.05, 0.1) is 17.5 Å². The molecule has 23 heavy (non-hydrogen) atoms. The molecule has 0 aliphatic carbocycles. The summed E-state index contributed by atoms with van der Waals surface area (Å²) in [5.74, 6) is 0.818. The van der Waals surface area contributed by atoms with Gasteiger partial charge in [-0.2, -0.15) is 9.61 Å². The maximum atomic E-state index is 12.5. The van der Waals surface area contributed by atoms with E-state index in [4.69, 9.17) is 4.74 Å². The minimum atomic E-state index is -0.140. The summed E-state index contributed by atoms with van der Waals surface area (Å²) in [7, 11) is 0. The normalized spacial score (nSPS) is 11.2. The van der Waals surface area contributed by atoms with Gasteiger partial charge in [-0.25, -0.2) is 4.98 Å². The second-order valence-electron chi connectivity index (χ2n) is 4.99. The van der Waals surface area contributed by atoms with Crippen LogP contribution >= 0.6 is 11.3 Å². The van der Waals surface area contributed by atoms with Crippen molar-refractivity contribution in [2.75, 3.05) is 6.61 Å². The molecule has 4 aromatic rings. The van der Waals surface area contributed by atoms with Crippen LogP contribution in [0.1, 0.15) is 6.92 Å². The number of nitrogens with zero attached hydrogens (tertiary/aromatic N) is 3. The number of fused-ring (bicyclic) bond motifs is 2. The monoisotopic (exact) mass is 323 g/mol. The summed E-state index contributed by atoms with van der Waals surface area (Å²) in [6.45, 7) is 2.58. The molecule has 114 valence electrons. The predicted octanol–water partition coefficient (Wildman–Crippen LogP) is 3.37. The van der Waals surface area contributed by atoms with Crippen molar-refractivity contribution in [3.63, 3.8) is 0 Å². The Morgan fingerprint density at radius 1 is 1.13 bits per heavy atom. The average molecular weight is 323 g/mol. The molecule has 0 atom stereocenters. The molecule has 0 fully saturated rings. The Balaban J connectivity index is 1.87. The fourth-order valence-corrected chi connectivity index (χ4v) is 3.34. The third kappa shape index (κ3) is 2.37. The zero-order chi connectivity index (χ0) is 15.8. The van der Waals surface area contributed by atoms with Crippen LogP contribution in [-0.2, 0) is 0 Å². The number of hydrogen-bond donors (Lipinski definition) is 0. The van der Waals surface area contributed by atoms with Gasteiger partial charge in [-0.1, -0.05) is 23.5 Å². The number of rotatable bonds is 3. The van der Waals surface area contributed by atoms with E-state index in [2.05, 4.69) is 10.1 Å². The Bertz CT molecular complexity index is 1050. The highest BCUT2D eigenvalue weighted by atomic mass is 32.1.